The molecule has 1 aliphatic heterocycles. The van der Waals surface area contributed by atoms with Crippen molar-refractivity contribution in [2.75, 3.05) is 25.7 Å². The van der Waals surface area contributed by atoms with Crippen molar-refractivity contribution < 1.29 is 19.1 Å². The molecule has 1 heterocycles. The molecular weight excluding hydrogens is 344 g/mol. The van der Waals surface area contributed by atoms with E-state index in [1.54, 1.807) is 13.1 Å². The lowest BCUT2D eigenvalue weighted by Crippen LogP contribution is -2.34. The molecule has 0 aromatic heterocycles. The van der Waals surface area contributed by atoms with Gasteiger partial charge in [0.1, 0.15) is 0 Å². The van der Waals surface area contributed by atoms with Crippen LogP contribution in [0.25, 0.3) is 0 Å². The van der Waals surface area contributed by atoms with Crippen LogP contribution in [0.1, 0.15) is 15.9 Å². The maximum Gasteiger partial charge on any atom is 0.254 e. The van der Waals surface area contributed by atoms with Crippen LogP contribution in [0.5, 0.6) is 11.5 Å². The van der Waals surface area contributed by atoms with Crippen molar-refractivity contribution in [3.8, 4) is 11.5 Å². The largest absolute Gasteiger partial charge is 0.454 e. The number of hydrogen-bond acceptors (Lipinski definition) is 4. The van der Waals surface area contributed by atoms with Gasteiger partial charge in [-0.05, 0) is 31.2 Å². The zero-order chi connectivity index (χ0) is 18.0. The van der Waals surface area contributed by atoms with Gasteiger partial charge in [0.2, 0.25) is 12.7 Å². The van der Waals surface area contributed by atoms with Crippen molar-refractivity contribution in [3.05, 3.63) is 52.5 Å². The summed E-state index contributed by atoms with van der Waals surface area (Å²) in [4.78, 5) is 26.0. The maximum absolute atomic E-state index is 12.5. The van der Waals surface area contributed by atoms with Gasteiger partial charge in [-0.2, -0.15) is 0 Å². The average Bonchev–Trinajstić information content (AvgIpc) is 3.05. The number of nitrogens with one attached hydrogen (secondary N) is 1. The molecule has 2 aromatic rings. The lowest BCUT2D eigenvalue weighted by Gasteiger charge is -2.17. The summed E-state index contributed by atoms with van der Waals surface area (Å²) in [5, 5.41) is 3.06. The minimum absolute atomic E-state index is 0.0709. The van der Waals surface area contributed by atoms with Crippen LogP contribution >= 0.6 is 11.6 Å². The summed E-state index contributed by atoms with van der Waals surface area (Å²) < 4.78 is 10.5. The Balaban J connectivity index is 1.65. The van der Waals surface area contributed by atoms with E-state index in [4.69, 9.17) is 21.1 Å². The number of halogens is 1. The van der Waals surface area contributed by atoms with Crippen LogP contribution in [0.15, 0.2) is 36.4 Å². The number of ether oxygens (including phenoxy) is 2. The van der Waals surface area contributed by atoms with Crippen molar-refractivity contribution in [2.24, 2.45) is 0 Å². The third kappa shape index (κ3) is 3.85. The number of hydrogen-bond donors (Lipinski definition) is 1. The van der Waals surface area contributed by atoms with Gasteiger partial charge in [0, 0.05) is 18.3 Å². The van der Waals surface area contributed by atoms with Gasteiger partial charge in [-0.1, -0.05) is 29.3 Å². The van der Waals surface area contributed by atoms with Gasteiger partial charge in [0.05, 0.1) is 11.6 Å². The Morgan fingerprint density at radius 2 is 1.92 bits per heavy atom. The van der Waals surface area contributed by atoms with Crippen molar-refractivity contribution in [1.29, 1.82) is 0 Å². The van der Waals surface area contributed by atoms with E-state index >= 15 is 0 Å². The number of carbonyl (C=O) groups is 2. The first kappa shape index (κ1) is 17.1. The van der Waals surface area contributed by atoms with Gasteiger partial charge in [-0.25, -0.2) is 0 Å². The first-order valence-corrected chi connectivity index (χ1v) is 8.03. The van der Waals surface area contributed by atoms with Crippen LogP contribution < -0.4 is 14.8 Å². The molecule has 0 unspecified atom stereocenters. The Kier molecular flexibility index (Phi) is 4.81. The fourth-order valence-electron chi connectivity index (χ4n) is 2.44. The molecule has 2 amide bonds. The second kappa shape index (κ2) is 7.03. The Morgan fingerprint density at radius 1 is 1.20 bits per heavy atom. The number of benzene rings is 2. The van der Waals surface area contributed by atoms with Crippen LogP contribution in [-0.4, -0.2) is 37.1 Å². The summed E-state index contributed by atoms with van der Waals surface area (Å²) in [6, 6.07) is 10.5. The van der Waals surface area contributed by atoms with Crippen LogP contribution in [0.4, 0.5) is 5.69 Å². The molecular formula is C18H17ClN2O4. The number of likely N-dealkylation sites (N-methyl/N-ethyl adjacent to an activating group) is 1. The predicted octanol–water partition coefficient (Wildman–Crippen LogP) is 3.09. The number of anilines is 1. The molecule has 2 aromatic carbocycles. The van der Waals surface area contributed by atoms with Crippen molar-refractivity contribution in [2.45, 2.75) is 6.92 Å². The van der Waals surface area contributed by atoms with E-state index in [9.17, 15) is 9.59 Å². The molecule has 7 heteroatoms. The van der Waals surface area contributed by atoms with Gasteiger partial charge in [0.25, 0.3) is 5.91 Å². The van der Waals surface area contributed by atoms with Gasteiger partial charge >= 0.3 is 0 Å². The molecule has 0 fully saturated rings. The normalized spacial score (nSPS) is 12.0. The van der Waals surface area contributed by atoms with E-state index < -0.39 is 0 Å². The average molecular weight is 361 g/mol. The molecule has 130 valence electrons. The summed E-state index contributed by atoms with van der Waals surface area (Å²) in [6.45, 7) is 1.95. The molecule has 0 atom stereocenters. The predicted molar refractivity (Wildman–Crippen MR) is 94.3 cm³/mol. The van der Waals surface area contributed by atoms with E-state index in [0.717, 1.165) is 5.56 Å². The van der Waals surface area contributed by atoms with Gasteiger partial charge in [-0.15, -0.1) is 0 Å². The molecule has 1 N–H and O–H groups in total. The molecule has 3 rings (SSSR count). The molecule has 25 heavy (non-hydrogen) atoms. The summed E-state index contributed by atoms with van der Waals surface area (Å²) >= 11 is 6.09. The third-order valence-electron chi connectivity index (χ3n) is 3.74. The SMILES string of the molecule is Cc1ccc(NC(=O)CN(C)C(=O)c2cc(Cl)c3c(c2)OCO3)cc1. The number of nitrogens with zero attached hydrogens (tertiary/aromatic N) is 1. The highest BCUT2D eigenvalue weighted by Crippen LogP contribution is 2.39. The van der Waals surface area contributed by atoms with Crippen molar-refractivity contribution in [1.82, 2.24) is 4.90 Å². The van der Waals surface area contributed by atoms with E-state index in [1.165, 1.54) is 11.0 Å². The monoisotopic (exact) mass is 360 g/mol. The number of amides is 2. The summed E-state index contributed by atoms with van der Waals surface area (Å²) in [5.41, 5.74) is 2.12. The number of aryl methyl sites for hydroxylation is 1. The topological polar surface area (TPSA) is 67.9 Å². The number of carbonyl (C=O) groups excluding carboxylic acids is 2. The quantitative estimate of drug-likeness (QED) is 0.909. The van der Waals surface area contributed by atoms with E-state index in [-0.39, 0.29) is 25.2 Å². The molecule has 0 bridgehead atoms. The standard InChI is InChI=1S/C18H17ClN2O4/c1-11-3-5-13(6-4-11)20-16(22)9-21(2)18(23)12-7-14(19)17-15(8-12)24-10-25-17/h3-8H,9-10H2,1-2H3,(H,20,22). The fourth-order valence-corrected chi connectivity index (χ4v) is 2.70. The molecule has 0 radical (unpaired) electrons. The maximum atomic E-state index is 12.5. The number of fused-ring (bicyclic) bond motifs is 1. The molecule has 0 saturated heterocycles. The molecule has 0 saturated carbocycles. The van der Waals surface area contributed by atoms with Crippen LogP contribution in [-0.2, 0) is 4.79 Å². The van der Waals surface area contributed by atoms with Crippen molar-refractivity contribution in [3.63, 3.8) is 0 Å². The lowest BCUT2D eigenvalue weighted by molar-refractivity contribution is -0.116. The molecule has 1 aliphatic rings. The Labute approximate surface area is 150 Å². The first-order valence-electron chi connectivity index (χ1n) is 7.65. The minimum Gasteiger partial charge on any atom is -0.454 e. The Hall–Kier alpha value is -2.73. The van der Waals surface area contributed by atoms with Crippen LogP contribution in [0, 0.1) is 6.92 Å². The van der Waals surface area contributed by atoms with E-state index in [2.05, 4.69) is 5.32 Å². The fraction of sp³-hybridized carbons (Fsp3) is 0.222. The Morgan fingerprint density at radius 3 is 2.64 bits per heavy atom. The lowest BCUT2D eigenvalue weighted by atomic mass is 10.1. The zero-order valence-corrected chi connectivity index (χ0v) is 14.6. The minimum atomic E-state index is -0.334. The second-order valence-corrected chi connectivity index (χ2v) is 6.17. The smallest absolute Gasteiger partial charge is 0.254 e. The number of rotatable bonds is 4. The highest BCUT2D eigenvalue weighted by Gasteiger charge is 2.23. The van der Waals surface area contributed by atoms with Gasteiger partial charge in [0.15, 0.2) is 11.5 Å². The highest BCUT2D eigenvalue weighted by atomic mass is 35.5. The third-order valence-corrected chi connectivity index (χ3v) is 4.02. The summed E-state index contributed by atoms with van der Waals surface area (Å²) in [7, 11) is 1.55. The summed E-state index contributed by atoms with van der Waals surface area (Å²) in [6.07, 6.45) is 0. The second-order valence-electron chi connectivity index (χ2n) is 5.77. The molecule has 0 aliphatic carbocycles. The molecule has 6 nitrogen and oxygen atoms in total. The first-order chi connectivity index (χ1) is 11.9. The van der Waals surface area contributed by atoms with Crippen LogP contribution in [0.2, 0.25) is 5.02 Å². The summed E-state index contributed by atoms with van der Waals surface area (Å²) in [5.74, 6) is 0.233. The van der Waals surface area contributed by atoms with Crippen molar-refractivity contribution >= 4 is 29.1 Å². The van der Waals surface area contributed by atoms with E-state index in [1.807, 2.05) is 31.2 Å². The van der Waals surface area contributed by atoms with E-state index in [0.29, 0.717) is 27.8 Å². The van der Waals surface area contributed by atoms with Gasteiger partial charge < -0.3 is 19.7 Å². The highest BCUT2D eigenvalue weighted by molar-refractivity contribution is 6.32. The van der Waals surface area contributed by atoms with Crippen LogP contribution in [0.3, 0.4) is 0 Å². The zero-order valence-electron chi connectivity index (χ0n) is 13.8. The Bertz CT molecular complexity index is 821. The van der Waals surface area contributed by atoms with Gasteiger partial charge in [-0.3, -0.25) is 9.59 Å². The molecule has 0 spiro atoms.